The van der Waals surface area contributed by atoms with Crippen LogP contribution >= 0.6 is 0 Å². The van der Waals surface area contributed by atoms with Crippen LogP contribution in [0.1, 0.15) is 39.0 Å². The first kappa shape index (κ1) is 13.1. The minimum absolute atomic E-state index is 0.380. The van der Waals surface area contributed by atoms with Crippen molar-refractivity contribution in [3.63, 3.8) is 0 Å². The predicted molar refractivity (Wildman–Crippen MR) is 72.6 cm³/mol. The highest BCUT2D eigenvalue weighted by molar-refractivity contribution is 6.61. The number of nitrogens with zero attached hydrogens (tertiary/aromatic N) is 1. The highest BCUT2D eigenvalue weighted by Crippen LogP contribution is 2.36. The van der Waals surface area contributed by atoms with Crippen molar-refractivity contribution in [2.24, 2.45) is 0 Å². The van der Waals surface area contributed by atoms with E-state index in [2.05, 4.69) is 10.9 Å². The number of pyridine rings is 1. The summed E-state index contributed by atoms with van der Waals surface area (Å²) in [5, 5.41) is 0. The zero-order valence-electron chi connectivity index (χ0n) is 11.6. The fourth-order valence-electron chi connectivity index (χ4n) is 1.83. The predicted octanol–water partition coefficient (Wildman–Crippen LogP) is 1.67. The molecule has 0 N–H and O–H groups in total. The molecule has 1 aliphatic rings. The van der Waals surface area contributed by atoms with Crippen LogP contribution in [0.5, 0.6) is 0 Å². The number of hydrogen-bond acceptors (Lipinski definition) is 3. The molecule has 0 aromatic carbocycles. The minimum Gasteiger partial charge on any atom is -0.398 e. The Morgan fingerprint density at radius 3 is 2.22 bits per heavy atom. The highest BCUT2D eigenvalue weighted by atomic mass is 16.7. The van der Waals surface area contributed by atoms with E-state index in [4.69, 9.17) is 15.7 Å². The van der Waals surface area contributed by atoms with Crippen LogP contribution in [0.4, 0.5) is 0 Å². The summed E-state index contributed by atoms with van der Waals surface area (Å²) in [5.74, 6) is 2.63. The first-order valence-electron chi connectivity index (χ1n) is 6.06. The van der Waals surface area contributed by atoms with Gasteiger partial charge in [-0.1, -0.05) is 5.92 Å². The highest BCUT2D eigenvalue weighted by Gasteiger charge is 2.52. The molecular formula is C14H18BNO2. The molecule has 0 amide bonds. The summed E-state index contributed by atoms with van der Waals surface area (Å²) in [4.78, 5) is 4.46. The summed E-state index contributed by atoms with van der Waals surface area (Å²) in [5.41, 5.74) is 1.55. The largest absolute Gasteiger partial charge is 0.515 e. The van der Waals surface area contributed by atoms with Crippen molar-refractivity contribution in [3.8, 4) is 12.3 Å². The van der Waals surface area contributed by atoms with E-state index in [0.717, 1.165) is 11.3 Å². The average Bonchev–Trinajstić information content (AvgIpc) is 2.48. The van der Waals surface area contributed by atoms with Crippen molar-refractivity contribution >= 4 is 12.7 Å². The molecule has 0 atom stereocenters. The van der Waals surface area contributed by atoms with Gasteiger partial charge in [-0.15, -0.1) is 6.42 Å². The normalized spacial score (nSPS) is 20.8. The van der Waals surface area contributed by atoms with Gasteiger partial charge in [-0.3, -0.25) is 4.98 Å². The van der Waals surface area contributed by atoms with E-state index in [1.54, 1.807) is 0 Å². The standard InChI is InChI=1S/C14H18BNO2/c1-7-11-9-8-10(2)16-12(11)15-17-13(3,4)14(5,6)18-15/h1,8-9H,2-6H3. The van der Waals surface area contributed by atoms with Gasteiger partial charge in [0.2, 0.25) is 0 Å². The van der Waals surface area contributed by atoms with Gasteiger partial charge in [-0.25, -0.2) is 0 Å². The third-order valence-corrected chi connectivity index (χ3v) is 3.70. The molecule has 94 valence electrons. The molecule has 1 aromatic rings. The molecule has 1 fully saturated rings. The summed E-state index contributed by atoms with van der Waals surface area (Å²) >= 11 is 0. The van der Waals surface area contributed by atoms with Crippen molar-refractivity contribution in [1.82, 2.24) is 4.98 Å². The molecule has 0 aliphatic carbocycles. The Labute approximate surface area is 109 Å². The lowest BCUT2D eigenvalue weighted by Gasteiger charge is -2.32. The lowest BCUT2D eigenvalue weighted by Crippen LogP contribution is -2.41. The third-order valence-electron chi connectivity index (χ3n) is 3.70. The lowest BCUT2D eigenvalue weighted by atomic mass is 9.81. The Bertz CT molecular complexity index is 501. The number of aromatic nitrogens is 1. The molecule has 18 heavy (non-hydrogen) atoms. The molecule has 0 bridgehead atoms. The van der Waals surface area contributed by atoms with Gasteiger partial charge in [0.15, 0.2) is 0 Å². The van der Waals surface area contributed by atoms with Crippen LogP contribution in [0.15, 0.2) is 12.1 Å². The molecule has 2 rings (SSSR count). The van der Waals surface area contributed by atoms with Crippen LogP contribution in [0, 0.1) is 19.3 Å². The van der Waals surface area contributed by atoms with Crippen molar-refractivity contribution in [2.75, 3.05) is 0 Å². The van der Waals surface area contributed by atoms with Crippen LogP contribution in [-0.4, -0.2) is 23.3 Å². The molecule has 0 spiro atoms. The second kappa shape index (κ2) is 4.12. The van der Waals surface area contributed by atoms with E-state index < -0.39 is 7.12 Å². The summed E-state index contributed by atoms with van der Waals surface area (Å²) in [6.07, 6.45) is 5.50. The quantitative estimate of drug-likeness (QED) is 0.555. The van der Waals surface area contributed by atoms with Crippen LogP contribution in [0.25, 0.3) is 0 Å². The maximum Gasteiger partial charge on any atom is 0.515 e. The van der Waals surface area contributed by atoms with Crippen LogP contribution in [0.2, 0.25) is 0 Å². The molecule has 3 nitrogen and oxygen atoms in total. The Hall–Kier alpha value is -1.31. The summed E-state index contributed by atoms with van der Waals surface area (Å²) in [6, 6.07) is 3.77. The van der Waals surface area contributed by atoms with Gasteiger partial charge in [0.25, 0.3) is 0 Å². The van der Waals surface area contributed by atoms with Crippen molar-refractivity contribution in [2.45, 2.75) is 45.8 Å². The first-order chi connectivity index (χ1) is 8.27. The maximum atomic E-state index is 5.97. The third kappa shape index (κ3) is 2.05. The zero-order valence-corrected chi connectivity index (χ0v) is 11.6. The van der Waals surface area contributed by atoms with Gasteiger partial charge in [0, 0.05) is 11.3 Å². The van der Waals surface area contributed by atoms with E-state index in [9.17, 15) is 0 Å². The first-order valence-corrected chi connectivity index (χ1v) is 6.06. The summed E-state index contributed by atoms with van der Waals surface area (Å²) < 4.78 is 11.9. The fourth-order valence-corrected chi connectivity index (χ4v) is 1.83. The molecule has 0 saturated carbocycles. The topological polar surface area (TPSA) is 31.4 Å². The summed E-state index contributed by atoms with van der Waals surface area (Å²) in [7, 11) is -0.499. The Balaban J connectivity index is 2.41. The number of terminal acetylenes is 1. The van der Waals surface area contributed by atoms with Gasteiger partial charge < -0.3 is 9.31 Å². The van der Waals surface area contributed by atoms with Crippen molar-refractivity contribution < 1.29 is 9.31 Å². The molecule has 1 aliphatic heterocycles. The van der Waals surface area contributed by atoms with E-state index in [1.165, 1.54) is 0 Å². The van der Waals surface area contributed by atoms with Crippen molar-refractivity contribution in [1.29, 1.82) is 0 Å². The molecule has 4 heteroatoms. The van der Waals surface area contributed by atoms with E-state index in [-0.39, 0.29) is 11.2 Å². The second-order valence-electron chi connectivity index (χ2n) is 5.62. The van der Waals surface area contributed by atoms with Gasteiger partial charge in [-0.2, -0.15) is 0 Å². The average molecular weight is 243 g/mol. The molecule has 1 aromatic heterocycles. The van der Waals surface area contributed by atoms with Gasteiger partial charge >= 0.3 is 7.12 Å². The number of rotatable bonds is 1. The van der Waals surface area contributed by atoms with Crippen LogP contribution in [0.3, 0.4) is 0 Å². The number of hydrogen-bond donors (Lipinski definition) is 0. The Kier molecular flexibility index (Phi) is 3.00. The maximum absolute atomic E-state index is 5.97. The molecule has 2 heterocycles. The van der Waals surface area contributed by atoms with Crippen molar-refractivity contribution in [3.05, 3.63) is 23.4 Å². The second-order valence-corrected chi connectivity index (χ2v) is 5.62. The lowest BCUT2D eigenvalue weighted by molar-refractivity contribution is 0.00578. The fraction of sp³-hybridized carbons (Fsp3) is 0.500. The Morgan fingerprint density at radius 1 is 1.17 bits per heavy atom. The van der Waals surface area contributed by atoms with Crippen LogP contribution < -0.4 is 5.59 Å². The van der Waals surface area contributed by atoms with E-state index in [1.807, 2.05) is 46.8 Å². The molecule has 0 unspecified atom stereocenters. The summed E-state index contributed by atoms with van der Waals surface area (Å²) in [6.45, 7) is 9.97. The minimum atomic E-state index is -0.499. The van der Waals surface area contributed by atoms with Gasteiger partial charge in [0.1, 0.15) is 0 Å². The smallest absolute Gasteiger partial charge is 0.398 e. The van der Waals surface area contributed by atoms with E-state index >= 15 is 0 Å². The van der Waals surface area contributed by atoms with Crippen LogP contribution in [-0.2, 0) is 9.31 Å². The monoisotopic (exact) mass is 243 g/mol. The van der Waals surface area contributed by atoms with E-state index in [0.29, 0.717) is 5.59 Å². The zero-order chi connectivity index (χ0) is 13.6. The SMILES string of the molecule is C#Cc1ccc(C)nc1B1OC(C)(C)C(C)(C)O1. The number of aryl methyl sites for hydroxylation is 1. The molecule has 1 saturated heterocycles. The molecular weight excluding hydrogens is 225 g/mol. The molecule has 0 radical (unpaired) electrons. The van der Waals surface area contributed by atoms with Gasteiger partial charge in [0.05, 0.1) is 16.8 Å². The Morgan fingerprint density at radius 2 is 1.72 bits per heavy atom. The van der Waals surface area contributed by atoms with Gasteiger partial charge in [-0.05, 0) is 46.8 Å².